The number of aryl methyl sites for hydroxylation is 2. The molecule has 42 heavy (non-hydrogen) atoms. The fourth-order valence-electron chi connectivity index (χ4n) is 5.97. The average molecular weight is 580 g/mol. The monoisotopic (exact) mass is 579 g/mol. The van der Waals surface area contributed by atoms with Crippen molar-refractivity contribution in [3.8, 4) is 17.3 Å². The predicted molar refractivity (Wildman–Crippen MR) is 149 cm³/mol. The number of rotatable bonds is 7. The normalized spacial score (nSPS) is 27.5. The zero-order valence-corrected chi connectivity index (χ0v) is 23.6. The summed E-state index contributed by atoms with van der Waals surface area (Å²) in [6.07, 6.45) is -2.49. The molecular formula is C30H34FN5O6. The number of aromatic nitrogens is 3. The minimum atomic E-state index is -1.34. The minimum absolute atomic E-state index is 0.338. The lowest BCUT2D eigenvalue weighted by atomic mass is 9.91. The third kappa shape index (κ3) is 5.54. The van der Waals surface area contributed by atoms with Crippen LogP contribution in [0.1, 0.15) is 42.0 Å². The molecule has 0 unspecified atom stereocenters. The molecule has 3 aromatic rings. The average Bonchev–Trinajstić information content (AvgIpc) is 3.63. The van der Waals surface area contributed by atoms with E-state index in [1.807, 2.05) is 6.92 Å². The number of benzene rings is 2. The fraction of sp³-hybridized carbons (Fsp3) is 0.467. The van der Waals surface area contributed by atoms with Crippen LogP contribution in [0, 0.1) is 31.0 Å². The van der Waals surface area contributed by atoms with Gasteiger partial charge in [0, 0.05) is 18.4 Å². The molecule has 5 rings (SSSR count). The van der Waals surface area contributed by atoms with Crippen LogP contribution in [0.3, 0.4) is 0 Å². The Morgan fingerprint density at radius 1 is 1.24 bits per heavy atom. The van der Waals surface area contributed by atoms with Gasteiger partial charge in [0.05, 0.1) is 36.6 Å². The van der Waals surface area contributed by atoms with Crippen LogP contribution in [0.2, 0.25) is 0 Å². The van der Waals surface area contributed by atoms with Gasteiger partial charge in [-0.15, -0.1) is 5.10 Å². The highest BCUT2D eigenvalue weighted by atomic mass is 19.1. The summed E-state index contributed by atoms with van der Waals surface area (Å²) in [5, 5.41) is 50.1. The van der Waals surface area contributed by atoms with Gasteiger partial charge in [-0.05, 0) is 68.5 Å². The second-order valence-electron chi connectivity index (χ2n) is 10.9. The van der Waals surface area contributed by atoms with Gasteiger partial charge in [-0.2, -0.15) is 5.26 Å². The zero-order chi connectivity index (χ0) is 30.1. The van der Waals surface area contributed by atoms with Crippen LogP contribution in [-0.2, 0) is 14.3 Å². The third-order valence-electron chi connectivity index (χ3n) is 8.15. The molecule has 0 radical (unpaired) electrons. The molecule has 1 aromatic heterocycles. The Labute approximate surface area is 242 Å². The molecule has 2 fully saturated rings. The summed E-state index contributed by atoms with van der Waals surface area (Å²) >= 11 is 0. The first-order valence-corrected chi connectivity index (χ1v) is 13.8. The van der Waals surface area contributed by atoms with Crippen molar-refractivity contribution in [2.75, 3.05) is 18.6 Å². The second kappa shape index (κ2) is 12.2. The highest BCUT2D eigenvalue weighted by Crippen LogP contribution is 2.37. The highest BCUT2D eigenvalue weighted by Gasteiger charge is 2.52. The lowest BCUT2D eigenvalue weighted by molar-refractivity contribution is -0.211. The molecule has 1 aliphatic heterocycles. The fourth-order valence-corrected chi connectivity index (χ4v) is 5.97. The van der Waals surface area contributed by atoms with Gasteiger partial charge in [-0.3, -0.25) is 4.79 Å². The number of amides is 1. The molecule has 0 spiro atoms. The van der Waals surface area contributed by atoms with Crippen molar-refractivity contribution in [1.82, 2.24) is 15.0 Å². The first kappa shape index (κ1) is 29.8. The molecule has 0 bridgehead atoms. The van der Waals surface area contributed by atoms with Crippen molar-refractivity contribution in [3.05, 3.63) is 65.1 Å². The van der Waals surface area contributed by atoms with E-state index in [1.165, 1.54) is 29.0 Å². The molecule has 11 nitrogen and oxygen atoms in total. The summed E-state index contributed by atoms with van der Waals surface area (Å²) in [5.41, 5.74) is 2.82. The molecule has 3 N–H and O–H groups in total. The van der Waals surface area contributed by atoms with E-state index in [1.54, 1.807) is 37.3 Å². The maximum Gasteiger partial charge on any atom is 0.259 e. The van der Waals surface area contributed by atoms with E-state index in [9.17, 15) is 29.8 Å². The van der Waals surface area contributed by atoms with Gasteiger partial charge in [0.1, 0.15) is 35.9 Å². The Bertz CT molecular complexity index is 1490. The molecule has 12 heteroatoms. The van der Waals surface area contributed by atoms with E-state index in [4.69, 9.17) is 9.47 Å². The first-order valence-electron chi connectivity index (χ1n) is 13.8. The van der Waals surface area contributed by atoms with Gasteiger partial charge in [0.25, 0.3) is 5.91 Å². The molecule has 1 saturated heterocycles. The maximum absolute atomic E-state index is 14.4. The van der Waals surface area contributed by atoms with Crippen LogP contribution in [-0.4, -0.2) is 86.5 Å². The molecule has 1 saturated carbocycles. The zero-order valence-electron chi connectivity index (χ0n) is 23.6. The second-order valence-corrected chi connectivity index (χ2v) is 10.9. The molecular weight excluding hydrogens is 545 g/mol. The topological polar surface area (TPSA) is 154 Å². The van der Waals surface area contributed by atoms with Gasteiger partial charge in [0.15, 0.2) is 6.10 Å². The summed E-state index contributed by atoms with van der Waals surface area (Å²) < 4.78 is 27.4. The van der Waals surface area contributed by atoms with Crippen LogP contribution in [0.15, 0.2) is 42.6 Å². The Morgan fingerprint density at radius 3 is 2.67 bits per heavy atom. The number of carbonyl (C=O) groups is 1. The number of methoxy groups -OCH3 is 1. The number of aliphatic hydroxyl groups excluding tert-OH is 3. The maximum atomic E-state index is 14.4. The van der Waals surface area contributed by atoms with Crippen LogP contribution in [0.5, 0.6) is 0 Å². The van der Waals surface area contributed by atoms with Gasteiger partial charge in [0.2, 0.25) is 0 Å². The molecule has 2 aromatic carbocycles. The van der Waals surface area contributed by atoms with Crippen LogP contribution in [0.25, 0.3) is 11.3 Å². The Morgan fingerprint density at radius 2 is 2.02 bits per heavy atom. The Hall–Kier alpha value is -3.73. The quantitative estimate of drug-likeness (QED) is 0.382. The lowest BCUT2D eigenvalue weighted by Crippen LogP contribution is -2.62. The number of halogens is 1. The largest absolute Gasteiger partial charge is 0.394 e. The van der Waals surface area contributed by atoms with Crippen molar-refractivity contribution >= 4 is 11.6 Å². The van der Waals surface area contributed by atoms with E-state index in [2.05, 4.69) is 16.4 Å². The van der Waals surface area contributed by atoms with Crippen molar-refractivity contribution in [2.45, 2.75) is 75.7 Å². The smallest absolute Gasteiger partial charge is 0.259 e. The number of hydrogen-bond donors (Lipinski definition) is 3. The summed E-state index contributed by atoms with van der Waals surface area (Å²) in [5.74, 6) is -0.961. The van der Waals surface area contributed by atoms with E-state index >= 15 is 0 Å². The molecule has 1 amide bonds. The Kier molecular flexibility index (Phi) is 8.68. The Balaban J connectivity index is 1.55. The summed E-state index contributed by atoms with van der Waals surface area (Å²) in [4.78, 5) is 15.9. The number of aliphatic hydroxyl groups is 3. The lowest BCUT2D eigenvalue weighted by Gasteiger charge is -2.45. The SMILES string of the molecule is CO[C@@H]1[C@@H](n2cc(-c3ccc(C)c(F)c3)nn2)[C@@H](O)[C@@H](CO)O[C@H]1C(=O)N(c1cc(C)cc(C#N)c1)[C@H]1CCC[C@@H]1O. The number of nitrogens with zero attached hydrogens (tertiary/aromatic N) is 5. The van der Waals surface area contributed by atoms with Gasteiger partial charge in [-0.1, -0.05) is 17.3 Å². The molecule has 2 aliphatic rings. The first-order chi connectivity index (χ1) is 20.2. The molecule has 222 valence electrons. The summed E-state index contributed by atoms with van der Waals surface area (Å²) in [6.45, 7) is 2.86. The van der Waals surface area contributed by atoms with E-state index in [0.29, 0.717) is 47.3 Å². The number of carbonyl (C=O) groups excluding carboxylic acids is 1. The summed E-state index contributed by atoms with van der Waals surface area (Å²) in [7, 11) is 1.37. The van der Waals surface area contributed by atoms with E-state index < -0.39 is 60.9 Å². The molecule has 2 heterocycles. The van der Waals surface area contributed by atoms with Crippen molar-refractivity contribution in [3.63, 3.8) is 0 Å². The van der Waals surface area contributed by atoms with E-state index in [-0.39, 0.29) is 0 Å². The number of nitriles is 1. The van der Waals surface area contributed by atoms with Crippen LogP contribution >= 0.6 is 0 Å². The molecule has 7 atom stereocenters. The van der Waals surface area contributed by atoms with Crippen molar-refractivity contribution < 1.29 is 34.0 Å². The summed E-state index contributed by atoms with van der Waals surface area (Å²) in [6, 6.07) is 10.2. The van der Waals surface area contributed by atoms with Gasteiger partial charge < -0.3 is 29.7 Å². The third-order valence-corrected chi connectivity index (χ3v) is 8.15. The van der Waals surface area contributed by atoms with Crippen LogP contribution in [0.4, 0.5) is 10.1 Å². The van der Waals surface area contributed by atoms with Crippen LogP contribution < -0.4 is 4.90 Å². The standard InChI is InChI=1S/C30H34FN5O6/c1-16-9-18(13-32)11-20(10-16)36(23-5-4-6-24(23)38)30(40)29-28(41-3)26(27(39)25(15-37)42-29)35-14-22(33-34-35)19-8-7-17(2)21(31)12-19/h7-12,14,23-29,37-39H,4-6,15H2,1-3H3/t23-,24-,25+,26-,27-,28+,29+/m0/s1. The number of anilines is 1. The predicted octanol–water partition coefficient (Wildman–Crippen LogP) is 2.20. The van der Waals surface area contributed by atoms with Gasteiger partial charge in [-0.25, -0.2) is 9.07 Å². The van der Waals surface area contributed by atoms with Crippen molar-refractivity contribution in [2.24, 2.45) is 0 Å². The minimum Gasteiger partial charge on any atom is -0.394 e. The number of hydrogen-bond acceptors (Lipinski definition) is 9. The van der Waals surface area contributed by atoms with Crippen molar-refractivity contribution in [1.29, 1.82) is 5.26 Å². The number of ether oxygens (including phenoxy) is 2. The highest BCUT2D eigenvalue weighted by molar-refractivity contribution is 5.98. The van der Waals surface area contributed by atoms with E-state index in [0.717, 1.165) is 5.56 Å². The van der Waals surface area contributed by atoms with Gasteiger partial charge >= 0.3 is 0 Å². The molecule has 1 aliphatic carbocycles.